The SMILES string of the molecule is COc1cc(Cl)ccc1C(N)c1cc(Br)c(C)s1. The van der Waals surface area contributed by atoms with Crippen molar-refractivity contribution in [3.63, 3.8) is 0 Å². The molecule has 0 aliphatic heterocycles. The van der Waals surface area contributed by atoms with Gasteiger partial charge >= 0.3 is 0 Å². The number of nitrogens with two attached hydrogens (primary N) is 1. The molecule has 96 valence electrons. The normalized spacial score (nSPS) is 12.5. The van der Waals surface area contributed by atoms with Gasteiger partial charge in [-0.25, -0.2) is 0 Å². The van der Waals surface area contributed by atoms with Crippen molar-refractivity contribution in [2.75, 3.05) is 7.11 Å². The van der Waals surface area contributed by atoms with Gasteiger partial charge in [0.25, 0.3) is 0 Å². The number of rotatable bonds is 3. The maximum Gasteiger partial charge on any atom is 0.125 e. The number of ether oxygens (including phenoxy) is 1. The molecule has 2 nitrogen and oxygen atoms in total. The average molecular weight is 347 g/mol. The average Bonchev–Trinajstić information content (AvgIpc) is 2.68. The molecule has 0 fully saturated rings. The summed E-state index contributed by atoms with van der Waals surface area (Å²) < 4.78 is 6.42. The Balaban J connectivity index is 2.42. The third-order valence-corrected chi connectivity index (χ3v) is 5.17. The molecular weight excluding hydrogens is 334 g/mol. The van der Waals surface area contributed by atoms with Gasteiger partial charge in [0, 0.05) is 24.8 Å². The number of aryl methyl sites for hydroxylation is 1. The van der Waals surface area contributed by atoms with E-state index < -0.39 is 0 Å². The minimum absolute atomic E-state index is 0.202. The Hall–Kier alpha value is -0.550. The first-order chi connectivity index (χ1) is 8.52. The van der Waals surface area contributed by atoms with Gasteiger partial charge in [0.05, 0.1) is 13.2 Å². The van der Waals surface area contributed by atoms with Gasteiger partial charge in [-0.3, -0.25) is 0 Å². The minimum atomic E-state index is -0.202. The Morgan fingerprint density at radius 2 is 2.11 bits per heavy atom. The number of hydrogen-bond donors (Lipinski definition) is 1. The van der Waals surface area contributed by atoms with E-state index in [0.717, 1.165) is 20.7 Å². The number of methoxy groups -OCH3 is 1. The van der Waals surface area contributed by atoms with Crippen LogP contribution in [0.3, 0.4) is 0 Å². The predicted molar refractivity (Wildman–Crippen MR) is 80.8 cm³/mol. The molecule has 0 bridgehead atoms. The van der Waals surface area contributed by atoms with Crippen LogP contribution in [0.2, 0.25) is 5.02 Å². The van der Waals surface area contributed by atoms with Crippen LogP contribution >= 0.6 is 38.9 Å². The van der Waals surface area contributed by atoms with E-state index in [1.807, 2.05) is 12.1 Å². The lowest BCUT2D eigenvalue weighted by molar-refractivity contribution is 0.408. The molecule has 1 aromatic carbocycles. The maximum atomic E-state index is 6.29. The lowest BCUT2D eigenvalue weighted by atomic mass is 10.1. The largest absolute Gasteiger partial charge is 0.496 e. The van der Waals surface area contributed by atoms with E-state index in [1.165, 1.54) is 4.88 Å². The van der Waals surface area contributed by atoms with Crippen LogP contribution in [0.5, 0.6) is 5.75 Å². The van der Waals surface area contributed by atoms with E-state index in [2.05, 4.69) is 28.9 Å². The van der Waals surface area contributed by atoms with Crippen molar-refractivity contribution in [3.05, 3.63) is 49.1 Å². The molecule has 0 aliphatic rings. The first-order valence-electron chi connectivity index (χ1n) is 5.37. The molecule has 1 unspecified atom stereocenters. The summed E-state index contributed by atoms with van der Waals surface area (Å²) in [5.74, 6) is 0.720. The lowest BCUT2D eigenvalue weighted by Gasteiger charge is -2.14. The van der Waals surface area contributed by atoms with E-state index in [4.69, 9.17) is 22.1 Å². The zero-order chi connectivity index (χ0) is 13.3. The summed E-state index contributed by atoms with van der Waals surface area (Å²) in [6, 6.07) is 7.38. The monoisotopic (exact) mass is 345 g/mol. The summed E-state index contributed by atoms with van der Waals surface area (Å²) in [4.78, 5) is 2.31. The molecule has 0 saturated carbocycles. The number of thiophene rings is 1. The van der Waals surface area contributed by atoms with E-state index in [-0.39, 0.29) is 6.04 Å². The van der Waals surface area contributed by atoms with Gasteiger partial charge in [-0.1, -0.05) is 17.7 Å². The van der Waals surface area contributed by atoms with Gasteiger partial charge in [-0.15, -0.1) is 11.3 Å². The fourth-order valence-electron chi connectivity index (χ4n) is 1.73. The zero-order valence-corrected chi connectivity index (χ0v) is 13.2. The summed E-state index contributed by atoms with van der Waals surface area (Å²) in [6.45, 7) is 2.06. The van der Waals surface area contributed by atoms with Crippen LogP contribution in [0.25, 0.3) is 0 Å². The van der Waals surface area contributed by atoms with Crippen LogP contribution in [0, 0.1) is 6.92 Å². The Morgan fingerprint density at radius 3 is 2.67 bits per heavy atom. The minimum Gasteiger partial charge on any atom is -0.496 e. The van der Waals surface area contributed by atoms with Crippen molar-refractivity contribution < 1.29 is 4.74 Å². The van der Waals surface area contributed by atoms with E-state index in [9.17, 15) is 0 Å². The summed E-state index contributed by atoms with van der Waals surface area (Å²) in [5.41, 5.74) is 7.23. The second kappa shape index (κ2) is 5.61. The van der Waals surface area contributed by atoms with Crippen LogP contribution in [0.4, 0.5) is 0 Å². The standard InChI is InChI=1S/C13H13BrClNOS/c1-7-10(14)6-12(18-7)13(16)9-4-3-8(15)5-11(9)17-2/h3-6,13H,16H2,1-2H3. The highest BCUT2D eigenvalue weighted by molar-refractivity contribution is 9.10. The molecule has 1 aromatic heterocycles. The van der Waals surface area contributed by atoms with Crippen molar-refractivity contribution in [2.24, 2.45) is 5.73 Å². The van der Waals surface area contributed by atoms with Crippen LogP contribution in [0.1, 0.15) is 21.4 Å². The molecule has 2 N–H and O–H groups in total. The van der Waals surface area contributed by atoms with Crippen LogP contribution in [-0.2, 0) is 0 Å². The Labute approximate surface area is 124 Å². The highest BCUT2D eigenvalue weighted by Gasteiger charge is 2.17. The quantitative estimate of drug-likeness (QED) is 0.886. The highest BCUT2D eigenvalue weighted by Crippen LogP contribution is 2.36. The smallest absolute Gasteiger partial charge is 0.125 e. The Kier molecular flexibility index (Phi) is 4.33. The van der Waals surface area contributed by atoms with Gasteiger partial charge < -0.3 is 10.5 Å². The third kappa shape index (κ3) is 2.72. The van der Waals surface area contributed by atoms with Crippen LogP contribution < -0.4 is 10.5 Å². The second-order valence-electron chi connectivity index (χ2n) is 3.92. The molecule has 2 rings (SSSR count). The summed E-state index contributed by atoms with van der Waals surface area (Å²) >= 11 is 11.1. The first-order valence-corrected chi connectivity index (χ1v) is 7.36. The van der Waals surface area contributed by atoms with Crippen molar-refractivity contribution in [1.82, 2.24) is 0 Å². The van der Waals surface area contributed by atoms with Gasteiger partial charge in [0.1, 0.15) is 5.75 Å². The topological polar surface area (TPSA) is 35.2 Å². The molecule has 5 heteroatoms. The highest BCUT2D eigenvalue weighted by atomic mass is 79.9. The van der Waals surface area contributed by atoms with E-state index in [0.29, 0.717) is 5.02 Å². The molecule has 0 aliphatic carbocycles. The fraction of sp³-hybridized carbons (Fsp3) is 0.231. The fourth-order valence-corrected chi connectivity index (χ4v) is 3.47. The summed E-state index contributed by atoms with van der Waals surface area (Å²) in [6.07, 6.45) is 0. The van der Waals surface area contributed by atoms with Gasteiger partial charge in [-0.05, 0) is 41.1 Å². The molecular formula is C13H13BrClNOS. The van der Waals surface area contributed by atoms with Gasteiger partial charge in [-0.2, -0.15) is 0 Å². The first kappa shape index (κ1) is 13.9. The summed E-state index contributed by atoms with van der Waals surface area (Å²) in [5, 5.41) is 0.645. The Morgan fingerprint density at radius 1 is 1.39 bits per heavy atom. The molecule has 0 spiro atoms. The zero-order valence-electron chi connectivity index (χ0n) is 10.0. The third-order valence-electron chi connectivity index (χ3n) is 2.71. The predicted octanol–water partition coefficient (Wildman–Crippen LogP) is 4.53. The second-order valence-corrected chi connectivity index (χ2v) is 6.50. The number of halogens is 2. The molecule has 0 amide bonds. The van der Waals surface area contributed by atoms with Crippen molar-refractivity contribution in [3.8, 4) is 5.75 Å². The Bertz CT molecular complexity index is 551. The molecule has 1 atom stereocenters. The summed E-state index contributed by atoms with van der Waals surface area (Å²) in [7, 11) is 1.62. The van der Waals surface area contributed by atoms with Crippen LogP contribution in [0.15, 0.2) is 28.7 Å². The van der Waals surface area contributed by atoms with E-state index in [1.54, 1.807) is 24.5 Å². The van der Waals surface area contributed by atoms with Crippen molar-refractivity contribution >= 4 is 38.9 Å². The molecule has 1 heterocycles. The molecule has 2 aromatic rings. The van der Waals surface area contributed by atoms with Crippen molar-refractivity contribution in [2.45, 2.75) is 13.0 Å². The van der Waals surface area contributed by atoms with Crippen molar-refractivity contribution in [1.29, 1.82) is 0 Å². The maximum absolute atomic E-state index is 6.29. The number of benzene rings is 1. The van der Waals surface area contributed by atoms with Gasteiger partial charge in [0.15, 0.2) is 0 Å². The molecule has 0 radical (unpaired) electrons. The lowest BCUT2D eigenvalue weighted by Crippen LogP contribution is -2.11. The number of hydrogen-bond acceptors (Lipinski definition) is 3. The molecule has 18 heavy (non-hydrogen) atoms. The van der Waals surface area contributed by atoms with Crippen LogP contribution in [-0.4, -0.2) is 7.11 Å². The molecule has 0 saturated heterocycles. The van der Waals surface area contributed by atoms with E-state index >= 15 is 0 Å². The van der Waals surface area contributed by atoms with Gasteiger partial charge in [0.2, 0.25) is 0 Å².